The second-order valence-electron chi connectivity index (χ2n) is 21.9. The van der Waals surface area contributed by atoms with Gasteiger partial charge in [-0.1, -0.05) is 36.4 Å². The minimum absolute atomic E-state index is 0.124. The van der Waals surface area contributed by atoms with Crippen LogP contribution in [0.4, 0.5) is 11.6 Å². The van der Waals surface area contributed by atoms with E-state index in [9.17, 15) is 48.4 Å². The van der Waals surface area contributed by atoms with Crippen molar-refractivity contribution >= 4 is 74.0 Å². The molecule has 0 spiro atoms. The highest BCUT2D eigenvalue weighted by Crippen LogP contribution is 2.52. The maximum atomic E-state index is 14.2. The summed E-state index contributed by atoms with van der Waals surface area (Å²) in [7, 11) is -8.99. The number of fused-ring (bicyclic) bond motifs is 2. The van der Waals surface area contributed by atoms with Crippen molar-refractivity contribution in [2.24, 2.45) is 11.8 Å². The number of carbonyl (C=O) groups is 6. The molecular weight excluding hydrogens is 1250 g/mol. The Morgan fingerprint density at radius 3 is 1.27 bits per heavy atom. The van der Waals surface area contributed by atoms with Crippen molar-refractivity contribution in [1.29, 1.82) is 10.5 Å². The number of nitrogen functional groups attached to an aromatic ring is 2. The largest absolute Gasteiger partial charge is 0.464 e. The molecule has 4 aliphatic rings. The summed E-state index contributed by atoms with van der Waals surface area (Å²) in [4.78, 5) is 82.4. The Kier molecular flexibility index (Phi) is 20.9. The van der Waals surface area contributed by atoms with Gasteiger partial charge in [0.1, 0.15) is 84.8 Å². The van der Waals surface area contributed by atoms with Crippen LogP contribution in [-0.4, -0.2) is 139 Å². The van der Waals surface area contributed by atoms with E-state index in [1.165, 1.54) is 59.8 Å². The molecule has 2 aliphatic carbocycles. The average Bonchev–Trinajstić information content (AvgIpc) is 1.60. The van der Waals surface area contributed by atoms with Crippen molar-refractivity contribution in [3.8, 4) is 23.6 Å². The van der Waals surface area contributed by atoms with Crippen molar-refractivity contribution in [1.82, 2.24) is 39.4 Å². The maximum absolute atomic E-state index is 14.2. The van der Waals surface area contributed by atoms with Gasteiger partial charge in [-0.2, -0.15) is 30.9 Å². The van der Waals surface area contributed by atoms with E-state index in [-0.39, 0.29) is 47.7 Å². The first kappa shape index (κ1) is 67.3. The third-order valence-electron chi connectivity index (χ3n) is 14.5. The number of benzene rings is 2. The van der Waals surface area contributed by atoms with E-state index in [1.807, 2.05) is 12.1 Å². The van der Waals surface area contributed by atoms with E-state index in [1.54, 1.807) is 60.7 Å². The van der Waals surface area contributed by atoms with Gasteiger partial charge in [0.05, 0.1) is 24.6 Å². The van der Waals surface area contributed by atoms with Crippen molar-refractivity contribution in [2.75, 3.05) is 37.9 Å². The Hall–Kier alpha value is -9.10. The summed E-state index contributed by atoms with van der Waals surface area (Å²) in [5.41, 5.74) is 8.88. The molecule has 0 amide bonds. The van der Waals surface area contributed by atoms with Crippen molar-refractivity contribution in [2.45, 2.75) is 127 Å². The van der Waals surface area contributed by atoms with Crippen LogP contribution in [-0.2, 0) is 84.8 Å². The molecule has 2 saturated heterocycles. The van der Waals surface area contributed by atoms with E-state index in [2.05, 4.69) is 30.3 Å². The summed E-state index contributed by atoms with van der Waals surface area (Å²) in [5.74, 6) is -3.43. The lowest BCUT2D eigenvalue weighted by molar-refractivity contribution is -0.166. The summed E-state index contributed by atoms with van der Waals surface area (Å²) in [6.07, 6.45) is -2.22. The van der Waals surface area contributed by atoms with E-state index in [0.717, 1.165) is 53.4 Å². The van der Waals surface area contributed by atoms with Gasteiger partial charge in [-0.15, -0.1) is 0 Å². The zero-order chi connectivity index (χ0) is 66.1. The molecule has 34 heteroatoms. The Morgan fingerprint density at radius 2 is 0.946 bits per heavy atom. The van der Waals surface area contributed by atoms with Gasteiger partial charge in [0.15, 0.2) is 36.1 Å². The van der Waals surface area contributed by atoms with E-state index < -0.39 is 124 Å². The minimum Gasteiger partial charge on any atom is -0.464 e. The van der Waals surface area contributed by atoms with Crippen LogP contribution in [0.1, 0.15) is 90.8 Å². The van der Waals surface area contributed by atoms with Crippen LogP contribution < -0.4 is 30.7 Å². The number of nitrogens with zero attached hydrogens (tertiary/aromatic N) is 8. The second kappa shape index (κ2) is 28.6. The molecule has 2 aromatic carbocycles. The lowest BCUT2D eigenvalue weighted by Crippen LogP contribution is -2.49. The fourth-order valence-corrected chi connectivity index (χ4v) is 12.8. The Morgan fingerprint density at radius 1 is 0.587 bits per heavy atom. The monoisotopic (exact) mass is 1310 g/mol. The number of hydrogen-bond donors (Lipinski definition) is 4. The van der Waals surface area contributed by atoms with Gasteiger partial charge in [-0.25, -0.2) is 28.1 Å². The zero-order valence-electron chi connectivity index (χ0n) is 50.5. The summed E-state index contributed by atoms with van der Waals surface area (Å²) in [6.45, 7) is 6.10. The van der Waals surface area contributed by atoms with Gasteiger partial charge in [0.2, 0.25) is 11.2 Å². The molecule has 4 fully saturated rings. The van der Waals surface area contributed by atoms with Gasteiger partial charge in [0, 0.05) is 27.7 Å². The standard InChI is InChI=1S/2C29H33N6O10P/c2*1-17(28(38)40-13-20-9-10-20)34-46(39,45-21-7-5-4-6-8-21)41-15-29(14-30)26(43-19(3)37)25(42-18(2)36)24(44-29)22-11-12-23-27(31)32-16-33-35(22)23/h2*4-8,11-12,16-17,20,24-26H,9-10,13,15H2,1-3H3,(H,34,39)(H2,31,32,33)/t17-,24-,25-,26-,29+,46+;17-,24-,25-,26-,29+,46-/m00/s1. The number of nitrogens with two attached hydrogens (primary N) is 2. The number of nitriles is 2. The van der Waals surface area contributed by atoms with Crippen molar-refractivity contribution in [3.05, 3.63) is 109 Å². The molecule has 0 bridgehead atoms. The van der Waals surface area contributed by atoms with Crippen LogP contribution in [0.2, 0.25) is 0 Å². The number of nitrogens with one attached hydrogen (secondary N) is 2. The molecule has 488 valence electrons. The SMILES string of the molecule is CC(=O)O[C@H]1[C@H](c2ccc3c(N)ncnn23)O[C@](C#N)(CO[P@@](=O)(N[C@@H](C)C(=O)OCC2CC2)Oc2ccccc2)[C@H]1OC(C)=O.CC(=O)O[C@H]1[C@H](c2ccc3c(N)ncnn23)O[C@](C#N)(CO[P@](=O)(N[C@@H](C)C(=O)OCC2CC2)Oc2ccccc2)[C@H]1OC(C)=O. The molecule has 6 aromatic rings. The van der Waals surface area contributed by atoms with Gasteiger partial charge in [0.25, 0.3) is 0 Å². The summed E-state index contributed by atoms with van der Waals surface area (Å²) >= 11 is 0. The highest BCUT2D eigenvalue weighted by Gasteiger charge is 2.64. The van der Waals surface area contributed by atoms with Crippen LogP contribution in [0.5, 0.6) is 11.5 Å². The Labute approximate surface area is 525 Å². The van der Waals surface area contributed by atoms with Crippen molar-refractivity contribution in [3.63, 3.8) is 0 Å². The first-order chi connectivity index (χ1) is 43.9. The summed E-state index contributed by atoms with van der Waals surface area (Å²) < 4.78 is 99.4. The molecule has 6 heterocycles. The summed E-state index contributed by atoms with van der Waals surface area (Å²) in [5, 5.41) is 34.6. The van der Waals surface area contributed by atoms with E-state index >= 15 is 0 Å². The molecule has 12 atom stereocenters. The maximum Gasteiger partial charge on any atom is 0.459 e. The second-order valence-corrected chi connectivity index (χ2v) is 25.3. The molecule has 6 N–H and O–H groups in total. The van der Waals surface area contributed by atoms with Crippen LogP contribution in [0.25, 0.3) is 11.0 Å². The number of esters is 6. The normalized spacial score (nSPS) is 24.3. The molecule has 32 nitrogen and oxygen atoms in total. The van der Waals surface area contributed by atoms with E-state index in [0.29, 0.717) is 22.9 Å². The van der Waals surface area contributed by atoms with E-state index in [4.69, 9.17) is 67.5 Å². The molecule has 4 aromatic heterocycles. The first-order valence-corrected chi connectivity index (χ1v) is 31.9. The van der Waals surface area contributed by atoms with Gasteiger partial charge in [-0.3, -0.25) is 37.8 Å². The fraction of sp³-hybridized carbons (Fsp3) is 0.448. The molecule has 0 unspecified atom stereocenters. The molecule has 0 radical (unpaired) electrons. The van der Waals surface area contributed by atoms with Crippen LogP contribution in [0, 0.1) is 34.5 Å². The zero-order valence-corrected chi connectivity index (χ0v) is 52.2. The number of aromatic nitrogens is 6. The third-order valence-corrected chi connectivity index (χ3v) is 17.8. The number of hydrogen-bond acceptors (Lipinski definition) is 28. The smallest absolute Gasteiger partial charge is 0.459 e. The topological polar surface area (TPSA) is 431 Å². The Balaban J connectivity index is 0.000000217. The number of para-hydroxylation sites is 2. The average molecular weight is 1310 g/mol. The van der Waals surface area contributed by atoms with Crippen LogP contribution in [0.3, 0.4) is 0 Å². The fourth-order valence-electron chi connectivity index (χ4n) is 9.77. The molecule has 92 heavy (non-hydrogen) atoms. The molecule has 2 aliphatic heterocycles. The number of rotatable bonds is 26. The third kappa shape index (κ3) is 16.1. The lowest BCUT2D eigenvalue weighted by Gasteiger charge is -2.30. The Bertz CT molecular complexity index is 3630. The highest BCUT2D eigenvalue weighted by atomic mass is 31.2. The number of ether oxygens (including phenoxy) is 8. The number of anilines is 2. The number of carbonyl (C=O) groups excluding carboxylic acids is 6. The molecule has 10 rings (SSSR count). The first-order valence-electron chi connectivity index (χ1n) is 28.8. The predicted molar refractivity (Wildman–Crippen MR) is 315 cm³/mol. The van der Waals surface area contributed by atoms with Gasteiger partial charge < -0.3 is 58.4 Å². The van der Waals surface area contributed by atoms with Crippen molar-refractivity contribution < 1.29 is 93.9 Å². The predicted octanol–water partition coefficient (Wildman–Crippen LogP) is 5.29. The van der Waals surface area contributed by atoms with Gasteiger partial charge >= 0.3 is 51.3 Å². The van der Waals surface area contributed by atoms with Crippen LogP contribution in [0.15, 0.2) is 97.6 Å². The van der Waals surface area contributed by atoms with Gasteiger partial charge in [-0.05, 0) is 99.9 Å². The quantitative estimate of drug-likeness (QED) is 0.0304. The summed E-state index contributed by atoms with van der Waals surface area (Å²) in [6, 6.07) is 24.0. The lowest BCUT2D eigenvalue weighted by atomic mass is 9.95. The molecule has 2 saturated carbocycles. The molecular formula is C58H66N12O20P2. The van der Waals surface area contributed by atoms with Crippen LogP contribution >= 0.6 is 15.5 Å². The minimum atomic E-state index is -4.50. The highest BCUT2D eigenvalue weighted by molar-refractivity contribution is 7.52.